The molecule has 0 aliphatic rings. The lowest BCUT2D eigenvalue weighted by atomic mass is 10.1. The Morgan fingerprint density at radius 3 is 2.50 bits per heavy atom. The lowest BCUT2D eigenvalue weighted by molar-refractivity contribution is -0.133. The van der Waals surface area contributed by atoms with Crippen molar-refractivity contribution < 1.29 is 19.1 Å². The molecule has 0 saturated carbocycles. The molecule has 0 aliphatic heterocycles. The standard InChI is InChI=1S/C19H21ClN2O4/c1-11-17(13(3)23)12(2)21-18(11)19(25)26-10-16(24)22(4)9-14-6-5-7-15(20)8-14/h5-8,21H,9-10H2,1-4H3. The third-order valence-electron chi connectivity index (χ3n) is 4.05. The van der Waals surface area contributed by atoms with Crippen LogP contribution in [0.2, 0.25) is 5.02 Å². The number of carbonyl (C=O) groups excluding carboxylic acids is 3. The highest BCUT2D eigenvalue weighted by Crippen LogP contribution is 2.19. The smallest absolute Gasteiger partial charge is 0.355 e. The van der Waals surface area contributed by atoms with Gasteiger partial charge in [-0.05, 0) is 44.0 Å². The highest BCUT2D eigenvalue weighted by Gasteiger charge is 2.22. The number of nitrogens with zero attached hydrogens (tertiary/aromatic N) is 1. The zero-order valence-electron chi connectivity index (χ0n) is 15.2. The first-order valence-electron chi connectivity index (χ1n) is 8.06. The molecule has 0 unspecified atom stereocenters. The summed E-state index contributed by atoms with van der Waals surface area (Å²) in [6.45, 7) is 4.79. The summed E-state index contributed by atoms with van der Waals surface area (Å²) in [5.41, 5.74) is 2.67. The van der Waals surface area contributed by atoms with Gasteiger partial charge in [0.1, 0.15) is 5.69 Å². The highest BCUT2D eigenvalue weighted by molar-refractivity contribution is 6.30. The molecule has 6 nitrogen and oxygen atoms in total. The fourth-order valence-electron chi connectivity index (χ4n) is 2.79. The number of ketones is 1. The van der Waals surface area contributed by atoms with Crippen molar-refractivity contribution in [1.82, 2.24) is 9.88 Å². The maximum Gasteiger partial charge on any atom is 0.355 e. The lowest BCUT2D eigenvalue weighted by Crippen LogP contribution is -2.31. The zero-order valence-corrected chi connectivity index (χ0v) is 15.9. The second kappa shape index (κ2) is 8.19. The number of H-pyrrole nitrogens is 1. The van der Waals surface area contributed by atoms with Crippen LogP contribution in [0.25, 0.3) is 0 Å². The number of esters is 1. The highest BCUT2D eigenvalue weighted by atomic mass is 35.5. The number of rotatable bonds is 6. The van der Waals surface area contributed by atoms with Crippen LogP contribution in [0.5, 0.6) is 0 Å². The van der Waals surface area contributed by atoms with E-state index in [1.807, 2.05) is 6.07 Å². The Morgan fingerprint density at radius 1 is 1.23 bits per heavy atom. The third kappa shape index (κ3) is 4.52. The SMILES string of the molecule is CC(=O)c1c(C)[nH]c(C(=O)OCC(=O)N(C)Cc2cccc(Cl)c2)c1C. The van der Waals surface area contributed by atoms with E-state index >= 15 is 0 Å². The Hall–Kier alpha value is -2.60. The van der Waals surface area contributed by atoms with E-state index in [1.54, 1.807) is 39.1 Å². The molecular formula is C19H21ClN2O4. The first-order valence-corrected chi connectivity index (χ1v) is 8.44. The van der Waals surface area contributed by atoms with Gasteiger partial charge in [0, 0.05) is 29.9 Å². The molecule has 0 bridgehead atoms. The van der Waals surface area contributed by atoms with Crippen molar-refractivity contribution in [3.8, 4) is 0 Å². The molecule has 0 saturated heterocycles. The van der Waals surface area contributed by atoms with Gasteiger partial charge < -0.3 is 14.6 Å². The van der Waals surface area contributed by atoms with Gasteiger partial charge in [-0.15, -0.1) is 0 Å². The minimum atomic E-state index is -0.664. The van der Waals surface area contributed by atoms with Crippen LogP contribution in [0, 0.1) is 13.8 Å². The second-order valence-corrected chi connectivity index (χ2v) is 6.57. The van der Waals surface area contributed by atoms with Gasteiger partial charge in [-0.2, -0.15) is 0 Å². The van der Waals surface area contributed by atoms with E-state index in [9.17, 15) is 14.4 Å². The van der Waals surface area contributed by atoms with Crippen LogP contribution >= 0.6 is 11.6 Å². The maximum absolute atomic E-state index is 12.2. The molecule has 1 aromatic heterocycles. The molecule has 2 rings (SSSR count). The Kier molecular flexibility index (Phi) is 6.21. The molecule has 0 spiro atoms. The van der Waals surface area contributed by atoms with Gasteiger partial charge in [0.05, 0.1) is 0 Å². The molecule has 1 amide bonds. The molecule has 1 N–H and O–H groups in total. The molecule has 138 valence electrons. The number of likely N-dealkylation sites (N-methyl/N-ethyl adjacent to an activating group) is 1. The topological polar surface area (TPSA) is 79.5 Å². The minimum Gasteiger partial charge on any atom is -0.451 e. The summed E-state index contributed by atoms with van der Waals surface area (Å²) < 4.78 is 5.10. The Bertz CT molecular complexity index is 857. The lowest BCUT2D eigenvalue weighted by Gasteiger charge is -2.17. The molecule has 7 heteroatoms. The number of hydrogen-bond donors (Lipinski definition) is 1. The van der Waals surface area contributed by atoms with Crippen molar-refractivity contribution in [1.29, 1.82) is 0 Å². The predicted octanol–water partition coefficient (Wildman–Crippen LogP) is 3.30. The zero-order chi connectivity index (χ0) is 19.4. The number of aromatic amines is 1. The van der Waals surface area contributed by atoms with E-state index < -0.39 is 5.97 Å². The van der Waals surface area contributed by atoms with Gasteiger partial charge in [0.25, 0.3) is 5.91 Å². The molecule has 1 heterocycles. The van der Waals surface area contributed by atoms with Crippen LogP contribution < -0.4 is 0 Å². The number of hydrogen-bond acceptors (Lipinski definition) is 4. The largest absolute Gasteiger partial charge is 0.451 e. The Labute approximate surface area is 157 Å². The van der Waals surface area contributed by atoms with Gasteiger partial charge in [0.2, 0.25) is 0 Å². The summed E-state index contributed by atoms with van der Waals surface area (Å²) in [5.74, 6) is -1.14. The van der Waals surface area contributed by atoms with Gasteiger partial charge in [-0.25, -0.2) is 4.79 Å². The Morgan fingerprint density at radius 2 is 1.92 bits per heavy atom. The van der Waals surface area contributed by atoms with Crippen LogP contribution in [-0.2, 0) is 16.1 Å². The van der Waals surface area contributed by atoms with E-state index in [0.29, 0.717) is 28.4 Å². The van der Waals surface area contributed by atoms with Gasteiger partial charge in [-0.1, -0.05) is 23.7 Å². The van der Waals surface area contributed by atoms with Crippen LogP contribution in [0.15, 0.2) is 24.3 Å². The van der Waals surface area contributed by atoms with Crippen molar-refractivity contribution >= 4 is 29.3 Å². The number of carbonyl (C=O) groups is 3. The Balaban J connectivity index is 1.97. The summed E-state index contributed by atoms with van der Waals surface area (Å²) in [7, 11) is 1.62. The monoisotopic (exact) mass is 376 g/mol. The number of nitrogens with one attached hydrogen (secondary N) is 1. The number of ether oxygens (including phenoxy) is 1. The van der Waals surface area contributed by atoms with Crippen LogP contribution in [-0.4, -0.2) is 41.2 Å². The number of halogens is 1. The first kappa shape index (κ1) is 19.7. The van der Waals surface area contributed by atoms with E-state index in [1.165, 1.54) is 11.8 Å². The minimum absolute atomic E-state index is 0.132. The van der Waals surface area contributed by atoms with Crippen molar-refractivity contribution in [2.75, 3.05) is 13.7 Å². The molecular weight excluding hydrogens is 356 g/mol. The van der Waals surface area contributed by atoms with E-state index in [-0.39, 0.29) is 24.0 Å². The third-order valence-corrected chi connectivity index (χ3v) is 4.29. The first-order chi connectivity index (χ1) is 12.2. The van der Waals surface area contributed by atoms with Gasteiger partial charge >= 0.3 is 5.97 Å². The van der Waals surface area contributed by atoms with E-state index in [4.69, 9.17) is 16.3 Å². The summed E-state index contributed by atoms with van der Waals surface area (Å²) in [4.78, 5) is 40.4. The van der Waals surface area contributed by atoms with E-state index in [2.05, 4.69) is 4.98 Å². The molecule has 2 aromatic rings. The van der Waals surface area contributed by atoms with Crippen molar-refractivity contribution in [3.05, 3.63) is 57.4 Å². The summed E-state index contributed by atoms with van der Waals surface area (Å²) in [6, 6.07) is 7.19. The van der Waals surface area contributed by atoms with Crippen LogP contribution in [0.1, 0.15) is 44.6 Å². The molecule has 26 heavy (non-hydrogen) atoms. The number of aryl methyl sites for hydroxylation is 1. The molecule has 0 aliphatic carbocycles. The van der Waals surface area contributed by atoms with Crippen molar-refractivity contribution in [2.45, 2.75) is 27.3 Å². The molecule has 0 fully saturated rings. The number of Topliss-reactive ketones (excluding diaryl/α,β-unsaturated/α-hetero) is 1. The molecule has 1 aromatic carbocycles. The number of amides is 1. The molecule has 0 atom stereocenters. The number of aromatic nitrogens is 1. The normalized spacial score (nSPS) is 10.5. The summed E-state index contributed by atoms with van der Waals surface area (Å²) >= 11 is 5.93. The molecule has 0 radical (unpaired) electrons. The maximum atomic E-state index is 12.2. The number of benzene rings is 1. The quantitative estimate of drug-likeness (QED) is 0.619. The fraction of sp³-hybridized carbons (Fsp3) is 0.316. The van der Waals surface area contributed by atoms with Crippen molar-refractivity contribution in [2.24, 2.45) is 0 Å². The van der Waals surface area contributed by atoms with Gasteiger partial charge in [-0.3, -0.25) is 9.59 Å². The predicted molar refractivity (Wildman–Crippen MR) is 98.5 cm³/mol. The summed E-state index contributed by atoms with van der Waals surface area (Å²) in [5, 5.41) is 0.591. The van der Waals surface area contributed by atoms with Crippen molar-refractivity contribution in [3.63, 3.8) is 0 Å². The average Bonchev–Trinajstić information content (AvgIpc) is 2.86. The van der Waals surface area contributed by atoms with Crippen LogP contribution in [0.3, 0.4) is 0 Å². The van der Waals surface area contributed by atoms with E-state index in [0.717, 1.165) is 5.56 Å². The summed E-state index contributed by atoms with van der Waals surface area (Å²) in [6.07, 6.45) is 0. The van der Waals surface area contributed by atoms with Crippen LogP contribution in [0.4, 0.5) is 0 Å². The van der Waals surface area contributed by atoms with Gasteiger partial charge in [0.15, 0.2) is 12.4 Å². The second-order valence-electron chi connectivity index (χ2n) is 6.14. The fourth-order valence-corrected chi connectivity index (χ4v) is 3.00. The average molecular weight is 377 g/mol.